The number of hydrogen-bond acceptors (Lipinski definition) is 4. The normalized spacial score (nSPS) is 11.7. The topological polar surface area (TPSA) is 38.7 Å². The van der Waals surface area contributed by atoms with Crippen LogP contribution < -0.4 is 0 Å². The highest BCUT2D eigenvalue weighted by atomic mass is 32.1. The Balaban J connectivity index is 1.25. The summed E-state index contributed by atoms with van der Waals surface area (Å²) in [7, 11) is 0. The molecule has 4 heterocycles. The molecule has 4 heteroatoms. The summed E-state index contributed by atoms with van der Waals surface area (Å²) in [6, 6.07) is 45.1. The fraction of sp³-hybridized carbons (Fsp3) is 0. The van der Waals surface area contributed by atoms with E-state index in [0.717, 1.165) is 44.3 Å². The van der Waals surface area contributed by atoms with Crippen molar-refractivity contribution in [1.29, 1.82) is 0 Å². The molecule has 0 aliphatic carbocycles. The minimum atomic E-state index is 0.923. The minimum absolute atomic E-state index is 0.923. The van der Waals surface area contributed by atoms with E-state index in [0.29, 0.717) is 0 Å². The highest BCUT2D eigenvalue weighted by Crippen LogP contribution is 2.43. The summed E-state index contributed by atoms with van der Waals surface area (Å²) >= 11 is 1.84. The predicted molar refractivity (Wildman–Crippen MR) is 182 cm³/mol. The summed E-state index contributed by atoms with van der Waals surface area (Å²) in [5.41, 5.74) is 8.38. The van der Waals surface area contributed by atoms with Gasteiger partial charge in [0.05, 0.1) is 22.4 Å². The van der Waals surface area contributed by atoms with Crippen LogP contribution in [0.25, 0.3) is 86.4 Å². The summed E-state index contributed by atoms with van der Waals surface area (Å²) in [5.74, 6) is 0. The van der Waals surface area contributed by atoms with Crippen molar-refractivity contribution in [2.45, 2.75) is 0 Å². The van der Waals surface area contributed by atoms with Gasteiger partial charge < -0.3 is 0 Å². The van der Waals surface area contributed by atoms with Crippen molar-refractivity contribution in [1.82, 2.24) is 15.0 Å². The quantitative estimate of drug-likeness (QED) is 0.200. The Morgan fingerprint density at radius 1 is 0.465 bits per heavy atom. The Kier molecular flexibility index (Phi) is 5.37. The number of aromatic nitrogens is 3. The lowest BCUT2D eigenvalue weighted by Crippen LogP contribution is -1.91. The highest BCUT2D eigenvalue weighted by Gasteiger charge is 2.15. The molecule has 9 rings (SSSR count). The molecule has 3 nitrogen and oxygen atoms in total. The molecule has 0 unspecified atom stereocenters. The minimum Gasteiger partial charge on any atom is -0.264 e. The molecule has 0 fully saturated rings. The van der Waals surface area contributed by atoms with E-state index in [1.807, 2.05) is 41.9 Å². The second-order valence-corrected chi connectivity index (χ2v) is 11.9. The van der Waals surface area contributed by atoms with Gasteiger partial charge in [0.25, 0.3) is 0 Å². The van der Waals surface area contributed by atoms with Gasteiger partial charge in [-0.3, -0.25) is 4.98 Å². The molecule has 9 aromatic rings. The smallest absolute Gasteiger partial charge is 0.0972 e. The van der Waals surface area contributed by atoms with Gasteiger partial charge in [-0.1, -0.05) is 91.0 Å². The Bertz CT molecular complexity index is 2510. The summed E-state index contributed by atoms with van der Waals surface area (Å²) < 4.78 is 2.55. The van der Waals surface area contributed by atoms with E-state index in [1.165, 1.54) is 42.1 Å². The molecule has 0 bridgehead atoms. The van der Waals surface area contributed by atoms with Gasteiger partial charge in [-0.25, -0.2) is 9.97 Å². The van der Waals surface area contributed by atoms with Gasteiger partial charge in [-0.2, -0.15) is 0 Å². The zero-order valence-corrected chi connectivity index (χ0v) is 23.8. The molecule has 0 spiro atoms. The standard InChI is InChI=1S/C39H23N3S/c1-2-6-25(7-3-1)33-17-14-26-12-13-27-15-18-34(42-39(27)38(26)41-33)28-16-19-35-31(22-28)37-30(10-5-11-36(37)43-35)29-9-4-8-24-20-21-40-23-32(24)29/h1-23H. The van der Waals surface area contributed by atoms with Gasteiger partial charge in [0.1, 0.15) is 0 Å². The van der Waals surface area contributed by atoms with E-state index in [9.17, 15) is 0 Å². The van der Waals surface area contributed by atoms with Crippen LogP contribution in [0.4, 0.5) is 0 Å². The monoisotopic (exact) mass is 565 g/mol. The molecule has 0 N–H and O–H groups in total. The highest BCUT2D eigenvalue weighted by molar-refractivity contribution is 7.26. The first-order valence-electron chi connectivity index (χ1n) is 14.3. The maximum atomic E-state index is 5.23. The SMILES string of the molecule is c1ccc(-c2ccc3ccc4ccc(-c5ccc6sc7cccc(-c8cccc9ccncc89)c7c6c5)nc4c3n2)cc1. The van der Waals surface area contributed by atoms with E-state index in [-0.39, 0.29) is 0 Å². The molecule has 43 heavy (non-hydrogen) atoms. The first-order valence-corrected chi connectivity index (χ1v) is 15.2. The number of thiophene rings is 1. The second-order valence-electron chi connectivity index (χ2n) is 10.9. The first-order chi connectivity index (χ1) is 21.3. The molecule has 0 saturated carbocycles. The van der Waals surface area contributed by atoms with Crippen LogP contribution in [0.2, 0.25) is 0 Å². The van der Waals surface area contributed by atoms with Crippen LogP contribution in [0.1, 0.15) is 0 Å². The van der Waals surface area contributed by atoms with Crippen molar-refractivity contribution in [2.24, 2.45) is 0 Å². The predicted octanol–water partition coefficient (Wildman–Crippen LogP) is 10.7. The first kappa shape index (κ1) is 24.2. The lowest BCUT2D eigenvalue weighted by atomic mass is 9.95. The number of hydrogen-bond donors (Lipinski definition) is 0. The van der Waals surface area contributed by atoms with Crippen LogP contribution in [0.15, 0.2) is 140 Å². The van der Waals surface area contributed by atoms with Gasteiger partial charge >= 0.3 is 0 Å². The average Bonchev–Trinajstić information content (AvgIpc) is 3.46. The Hall–Kier alpha value is -5.45. The van der Waals surface area contributed by atoms with Crippen molar-refractivity contribution < 1.29 is 0 Å². The molecule has 0 amide bonds. The summed E-state index contributed by atoms with van der Waals surface area (Å²) in [5, 5.41) is 7.06. The van der Waals surface area contributed by atoms with E-state index in [2.05, 4.69) is 114 Å². The van der Waals surface area contributed by atoms with Crippen LogP contribution in [-0.2, 0) is 0 Å². The van der Waals surface area contributed by atoms with E-state index in [1.54, 1.807) is 0 Å². The number of pyridine rings is 3. The summed E-state index contributed by atoms with van der Waals surface area (Å²) in [6.45, 7) is 0. The van der Waals surface area contributed by atoms with Crippen molar-refractivity contribution >= 4 is 64.1 Å². The summed E-state index contributed by atoms with van der Waals surface area (Å²) in [4.78, 5) is 14.8. The fourth-order valence-corrected chi connectivity index (χ4v) is 7.37. The third-order valence-corrected chi connectivity index (χ3v) is 9.49. The van der Waals surface area contributed by atoms with Gasteiger partial charge in [0, 0.05) is 59.9 Å². The van der Waals surface area contributed by atoms with Crippen molar-refractivity contribution in [3.05, 3.63) is 140 Å². The van der Waals surface area contributed by atoms with Gasteiger partial charge in [-0.15, -0.1) is 11.3 Å². The number of benzene rings is 5. The van der Waals surface area contributed by atoms with E-state index in [4.69, 9.17) is 9.97 Å². The third kappa shape index (κ3) is 3.92. The van der Waals surface area contributed by atoms with Crippen LogP contribution in [0, 0.1) is 0 Å². The molecule has 5 aromatic carbocycles. The zero-order valence-electron chi connectivity index (χ0n) is 23.0. The molecule has 0 aliphatic heterocycles. The molecule has 0 atom stereocenters. The average molecular weight is 566 g/mol. The lowest BCUT2D eigenvalue weighted by Gasteiger charge is -2.10. The van der Waals surface area contributed by atoms with Gasteiger partial charge in [0.15, 0.2) is 0 Å². The van der Waals surface area contributed by atoms with Crippen LogP contribution >= 0.6 is 11.3 Å². The van der Waals surface area contributed by atoms with E-state index < -0.39 is 0 Å². The number of nitrogens with zero attached hydrogens (tertiary/aromatic N) is 3. The van der Waals surface area contributed by atoms with Crippen molar-refractivity contribution in [3.63, 3.8) is 0 Å². The maximum Gasteiger partial charge on any atom is 0.0972 e. The lowest BCUT2D eigenvalue weighted by molar-refractivity contribution is 1.36. The maximum absolute atomic E-state index is 5.23. The molecular formula is C39H23N3S. The summed E-state index contributed by atoms with van der Waals surface area (Å²) in [6.07, 6.45) is 3.83. The molecule has 200 valence electrons. The van der Waals surface area contributed by atoms with Crippen molar-refractivity contribution in [3.8, 4) is 33.6 Å². The second kappa shape index (κ2) is 9.55. The van der Waals surface area contributed by atoms with E-state index >= 15 is 0 Å². The molecule has 0 radical (unpaired) electrons. The zero-order chi connectivity index (χ0) is 28.3. The van der Waals surface area contributed by atoms with Gasteiger partial charge in [0.2, 0.25) is 0 Å². The van der Waals surface area contributed by atoms with Crippen LogP contribution in [0.5, 0.6) is 0 Å². The largest absolute Gasteiger partial charge is 0.264 e. The van der Waals surface area contributed by atoms with Crippen molar-refractivity contribution in [2.75, 3.05) is 0 Å². The number of fused-ring (bicyclic) bond motifs is 7. The fourth-order valence-electron chi connectivity index (χ4n) is 6.26. The van der Waals surface area contributed by atoms with Crippen LogP contribution in [0.3, 0.4) is 0 Å². The Labute approximate surface area is 251 Å². The Morgan fingerprint density at radius 2 is 1.19 bits per heavy atom. The molecule has 4 aromatic heterocycles. The van der Waals surface area contributed by atoms with Gasteiger partial charge in [-0.05, 0) is 52.9 Å². The number of rotatable bonds is 3. The van der Waals surface area contributed by atoms with Crippen LogP contribution in [-0.4, -0.2) is 15.0 Å². The molecular weight excluding hydrogens is 543 g/mol. The molecule has 0 aliphatic rings. The molecule has 0 saturated heterocycles. The third-order valence-electron chi connectivity index (χ3n) is 8.35. The Morgan fingerprint density at radius 3 is 2.00 bits per heavy atom.